The van der Waals surface area contributed by atoms with Crippen LogP contribution in [0.1, 0.15) is 30.1 Å². The molecular weight excluding hydrogens is 162 g/mol. The molecule has 0 N–H and O–H groups in total. The number of para-hydroxylation sites is 1. The summed E-state index contributed by atoms with van der Waals surface area (Å²) in [6, 6.07) is 7.78. The van der Waals surface area contributed by atoms with E-state index in [2.05, 4.69) is 6.92 Å². The molecule has 1 aromatic carbocycles. The van der Waals surface area contributed by atoms with Crippen molar-refractivity contribution in [3.05, 3.63) is 29.8 Å². The van der Waals surface area contributed by atoms with Gasteiger partial charge in [-0.2, -0.15) is 0 Å². The summed E-state index contributed by atoms with van der Waals surface area (Å²) in [5.74, 6) is 0.184. The van der Waals surface area contributed by atoms with Gasteiger partial charge in [0.05, 0.1) is 11.3 Å². The number of rotatable bonds is 3. The van der Waals surface area contributed by atoms with Gasteiger partial charge in [-0.25, -0.2) is 0 Å². The Hall–Kier alpha value is -1.31. The molecule has 0 atom stereocenters. The molecule has 1 aliphatic heterocycles. The molecule has 0 unspecified atom stereocenters. The van der Waals surface area contributed by atoms with E-state index in [0.29, 0.717) is 0 Å². The van der Waals surface area contributed by atoms with Crippen LogP contribution in [0.5, 0.6) is 0 Å². The molecule has 0 aliphatic carbocycles. The summed E-state index contributed by atoms with van der Waals surface area (Å²) in [6.45, 7) is 3.00. The predicted octanol–water partition coefficient (Wildman–Crippen LogP) is 2.45. The first-order valence-corrected chi connectivity index (χ1v) is 4.75. The van der Waals surface area contributed by atoms with Gasteiger partial charge in [0.2, 0.25) is 0 Å². The zero-order chi connectivity index (χ0) is 9.26. The minimum Gasteiger partial charge on any atom is -0.307 e. The third-order valence-corrected chi connectivity index (χ3v) is 2.41. The predicted molar refractivity (Wildman–Crippen MR) is 53.0 cm³/mol. The van der Waals surface area contributed by atoms with Gasteiger partial charge in [0.15, 0.2) is 0 Å². The third-order valence-electron chi connectivity index (χ3n) is 2.41. The summed E-state index contributed by atoms with van der Waals surface area (Å²) in [4.78, 5) is 13.3. The number of unbranched alkanes of at least 4 members (excludes halogenated alkanes) is 1. The van der Waals surface area contributed by atoms with Crippen LogP contribution in [0, 0.1) is 0 Å². The van der Waals surface area contributed by atoms with E-state index < -0.39 is 0 Å². The number of amides is 1. The molecule has 1 aromatic rings. The Kier molecular flexibility index (Phi) is 2.05. The fourth-order valence-electron chi connectivity index (χ4n) is 1.63. The maximum Gasteiger partial charge on any atom is 0.260 e. The van der Waals surface area contributed by atoms with Crippen LogP contribution < -0.4 is 4.90 Å². The van der Waals surface area contributed by atoms with Gasteiger partial charge in [-0.3, -0.25) is 4.79 Å². The zero-order valence-corrected chi connectivity index (χ0v) is 7.79. The van der Waals surface area contributed by atoms with Crippen LogP contribution in [0.3, 0.4) is 0 Å². The summed E-state index contributed by atoms with van der Waals surface area (Å²) in [5.41, 5.74) is 1.97. The lowest BCUT2D eigenvalue weighted by atomic mass is 10.0. The summed E-state index contributed by atoms with van der Waals surface area (Å²) >= 11 is 0. The lowest BCUT2D eigenvalue weighted by Gasteiger charge is -2.33. The van der Waals surface area contributed by atoms with Crippen molar-refractivity contribution in [2.75, 3.05) is 11.4 Å². The Bertz CT molecular complexity index is 333. The van der Waals surface area contributed by atoms with Crippen LogP contribution in [0.4, 0.5) is 5.69 Å². The number of fused-ring (bicyclic) bond motifs is 1. The maximum absolute atomic E-state index is 11.5. The lowest BCUT2D eigenvalue weighted by Crippen LogP contribution is -2.41. The molecular formula is C11H13NO. The topological polar surface area (TPSA) is 20.3 Å². The van der Waals surface area contributed by atoms with Crippen LogP contribution >= 0.6 is 0 Å². The van der Waals surface area contributed by atoms with E-state index in [-0.39, 0.29) is 5.91 Å². The summed E-state index contributed by atoms with van der Waals surface area (Å²) in [7, 11) is 0. The van der Waals surface area contributed by atoms with Gasteiger partial charge in [0, 0.05) is 6.54 Å². The van der Waals surface area contributed by atoms with E-state index in [4.69, 9.17) is 0 Å². The van der Waals surface area contributed by atoms with E-state index in [1.54, 1.807) is 0 Å². The minimum absolute atomic E-state index is 0.184. The van der Waals surface area contributed by atoms with Crippen LogP contribution in [-0.4, -0.2) is 12.5 Å². The molecule has 1 amide bonds. The van der Waals surface area contributed by atoms with Crippen molar-refractivity contribution in [3.8, 4) is 0 Å². The summed E-state index contributed by atoms with van der Waals surface area (Å²) < 4.78 is 0. The van der Waals surface area contributed by atoms with Gasteiger partial charge in [-0.05, 0) is 18.6 Å². The molecule has 2 rings (SSSR count). The smallest absolute Gasteiger partial charge is 0.260 e. The van der Waals surface area contributed by atoms with E-state index in [0.717, 1.165) is 30.6 Å². The van der Waals surface area contributed by atoms with E-state index in [1.807, 2.05) is 29.2 Å². The first-order chi connectivity index (χ1) is 6.34. The normalized spacial score (nSPS) is 13.9. The highest BCUT2D eigenvalue weighted by Crippen LogP contribution is 2.32. The number of benzene rings is 1. The summed E-state index contributed by atoms with van der Waals surface area (Å²) in [5, 5.41) is 0. The van der Waals surface area contributed by atoms with E-state index >= 15 is 0 Å². The van der Waals surface area contributed by atoms with Crippen LogP contribution in [0.2, 0.25) is 0 Å². The SMILES string of the molecule is CCCCN1C(=O)c2ccccc21. The average molecular weight is 175 g/mol. The van der Waals surface area contributed by atoms with Gasteiger partial charge >= 0.3 is 0 Å². The zero-order valence-electron chi connectivity index (χ0n) is 7.79. The summed E-state index contributed by atoms with van der Waals surface area (Å²) in [6.07, 6.45) is 2.21. The number of hydrogen-bond donors (Lipinski definition) is 0. The largest absolute Gasteiger partial charge is 0.307 e. The molecule has 0 saturated heterocycles. The molecule has 0 saturated carbocycles. The molecule has 0 fully saturated rings. The number of anilines is 1. The Morgan fingerprint density at radius 1 is 1.31 bits per heavy atom. The van der Waals surface area contributed by atoms with Gasteiger partial charge in [0.1, 0.15) is 0 Å². The number of carbonyl (C=O) groups excluding carboxylic acids is 1. The molecule has 13 heavy (non-hydrogen) atoms. The van der Waals surface area contributed by atoms with Crippen LogP contribution in [0.15, 0.2) is 24.3 Å². The third kappa shape index (κ3) is 1.22. The Labute approximate surface area is 78.2 Å². The Balaban J connectivity index is 2.15. The quantitative estimate of drug-likeness (QED) is 0.691. The van der Waals surface area contributed by atoms with Crippen molar-refractivity contribution in [3.63, 3.8) is 0 Å². The number of nitrogens with zero attached hydrogens (tertiary/aromatic N) is 1. The highest BCUT2D eigenvalue weighted by Gasteiger charge is 2.30. The van der Waals surface area contributed by atoms with Crippen molar-refractivity contribution < 1.29 is 4.79 Å². The Morgan fingerprint density at radius 2 is 2.08 bits per heavy atom. The molecule has 2 nitrogen and oxygen atoms in total. The number of hydrogen-bond acceptors (Lipinski definition) is 1. The average Bonchev–Trinajstić information content (AvgIpc) is 2.18. The fraction of sp³-hybridized carbons (Fsp3) is 0.364. The molecule has 0 spiro atoms. The monoisotopic (exact) mass is 175 g/mol. The molecule has 68 valence electrons. The molecule has 0 aromatic heterocycles. The molecule has 2 heteroatoms. The van der Waals surface area contributed by atoms with E-state index in [9.17, 15) is 4.79 Å². The maximum atomic E-state index is 11.5. The highest BCUT2D eigenvalue weighted by atomic mass is 16.2. The fourth-order valence-corrected chi connectivity index (χ4v) is 1.63. The van der Waals surface area contributed by atoms with Crippen molar-refractivity contribution in [1.29, 1.82) is 0 Å². The lowest BCUT2D eigenvalue weighted by molar-refractivity contribution is 0.0966. The van der Waals surface area contributed by atoms with Crippen molar-refractivity contribution in [2.45, 2.75) is 19.8 Å². The van der Waals surface area contributed by atoms with Crippen molar-refractivity contribution >= 4 is 11.6 Å². The van der Waals surface area contributed by atoms with Crippen molar-refractivity contribution in [1.82, 2.24) is 0 Å². The molecule has 0 bridgehead atoms. The van der Waals surface area contributed by atoms with Gasteiger partial charge in [-0.1, -0.05) is 25.5 Å². The first-order valence-electron chi connectivity index (χ1n) is 4.75. The molecule has 0 radical (unpaired) electrons. The second-order valence-corrected chi connectivity index (χ2v) is 3.33. The van der Waals surface area contributed by atoms with Gasteiger partial charge in [-0.15, -0.1) is 0 Å². The highest BCUT2D eigenvalue weighted by molar-refractivity contribution is 6.19. The van der Waals surface area contributed by atoms with Crippen molar-refractivity contribution in [2.24, 2.45) is 0 Å². The van der Waals surface area contributed by atoms with Crippen LogP contribution in [0.25, 0.3) is 0 Å². The number of carbonyl (C=O) groups is 1. The molecule has 1 aliphatic rings. The van der Waals surface area contributed by atoms with Gasteiger partial charge in [0.25, 0.3) is 5.91 Å². The van der Waals surface area contributed by atoms with E-state index in [1.165, 1.54) is 0 Å². The minimum atomic E-state index is 0.184. The Morgan fingerprint density at radius 3 is 2.85 bits per heavy atom. The van der Waals surface area contributed by atoms with Crippen LogP contribution in [-0.2, 0) is 0 Å². The standard InChI is InChI=1S/C11H13NO/c1-2-3-8-12-10-7-5-4-6-9(10)11(12)13/h4-7H,2-3,8H2,1H3. The van der Waals surface area contributed by atoms with Gasteiger partial charge < -0.3 is 4.90 Å². The second kappa shape index (κ2) is 3.21. The molecule has 1 heterocycles. The first kappa shape index (κ1) is 8.30. The second-order valence-electron chi connectivity index (χ2n) is 3.33.